The number of rotatable bonds is 10. The highest BCUT2D eigenvalue weighted by molar-refractivity contribution is 5.65. The number of ether oxygens (including phenoxy) is 5. The average molecular weight is 537 g/mol. The molecule has 0 radical (unpaired) electrons. The Morgan fingerprint density at radius 1 is 1.00 bits per heavy atom. The molecule has 2 aromatic carbocycles. The van der Waals surface area contributed by atoms with Gasteiger partial charge in [-0.2, -0.15) is 0 Å². The van der Waals surface area contributed by atoms with Crippen molar-refractivity contribution in [1.29, 1.82) is 0 Å². The molecule has 1 aromatic heterocycles. The summed E-state index contributed by atoms with van der Waals surface area (Å²) in [5.41, 5.74) is 0.205. The van der Waals surface area contributed by atoms with Gasteiger partial charge >= 0.3 is 11.7 Å². The highest BCUT2D eigenvalue weighted by Crippen LogP contribution is 2.50. The van der Waals surface area contributed by atoms with E-state index in [-0.39, 0.29) is 19.8 Å². The molecule has 2 aliphatic rings. The molecule has 0 bridgehead atoms. The Morgan fingerprint density at radius 2 is 1.67 bits per heavy atom. The Kier molecular flexibility index (Phi) is 8.08. The lowest BCUT2D eigenvalue weighted by Crippen LogP contribution is -2.49. The van der Waals surface area contributed by atoms with Crippen molar-refractivity contribution in [2.45, 2.75) is 63.6 Å². The summed E-state index contributed by atoms with van der Waals surface area (Å²) in [6.45, 7) is 3.78. The lowest BCUT2D eigenvalue weighted by atomic mass is 9.89. The van der Waals surface area contributed by atoms with Gasteiger partial charge in [-0.1, -0.05) is 60.7 Å². The molecule has 5 atom stereocenters. The van der Waals surface area contributed by atoms with Gasteiger partial charge in [0, 0.05) is 25.1 Å². The molecule has 0 saturated carbocycles. The van der Waals surface area contributed by atoms with Gasteiger partial charge in [0.05, 0.1) is 25.9 Å². The first-order valence-corrected chi connectivity index (χ1v) is 12.9. The van der Waals surface area contributed by atoms with Crippen LogP contribution in [0.5, 0.6) is 0 Å². The van der Waals surface area contributed by atoms with Gasteiger partial charge < -0.3 is 23.7 Å². The molecule has 2 saturated heterocycles. The summed E-state index contributed by atoms with van der Waals surface area (Å²) >= 11 is 0. The van der Waals surface area contributed by atoms with Crippen molar-refractivity contribution in [2.75, 3.05) is 13.2 Å². The Morgan fingerprint density at radius 3 is 2.33 bits per heavy atom. The van der Waals surface area contributed by atoms with Gasteiger partial charge in [0.2, 0.25) is 0 Å². The van der Waals surface area contributed by atoms with Gasteiger partial charge in [-0.05, 0) is 18.1 Å². The number of aromatic nitrogens is 2. The smallest absolute Gasteiger partial charge is 0.330 e. The van der Waals surface area contributed by atoms with Crippen LogP contribution in [0, 0.1) is 6.92 Å². The fourth-order valence-electron chi connectivity index (χ4n) is 5.18. The average Bonchev–Trinajstić information content (AvgIpc) is 3.44. The molecule has 0 aliphatic carbocycles. The van der Waals surface area contributed by atoms with E-state index in [0.29, 0.717) is 18.6 Å². The molecule has 206 valence electrons. The van der Waals surface area contributed by atoms with Crippen LogP contribution in [0.1, 0.15) is 36.3 Å². The van der Waals surface area contributed by atoms with E-state index in [0.717, 1.165) is 11.1 Å². The summed E-state index contributed by atoms with van der Waals surface area (Å²) in [7, 11) is 0. The maximum absolute atomic E-state index is 12.9. The maximum atomic E-state index is 12.9. The minimum Gasteiger partial charge on any atom is -0.463 e. The van der Waals surface area contributed by atoms with Gasteiger partial charge in [-0.25, -0.2) is 4.79 Å². The van der Waals surface area contributed by atoms with Crippen molar-refractivity contribution < 1.29 is 28.5 Å². The number of benzene rings is 2. The summed E-state index contributed by atoms with van der Waals surface area (Å²) in [6, 6.07) is 19.5. The fraction of sp³-hybridized carbons (Fsp3) is 0.414. The number of fused-ring (bicyclic) bond motifs is 1. The van der Waals surface area contributed by atoms with E-state index >= 15 is 0 Å². The van der Waals surface area contributed by atoms with E-state index in [4.69, 9.17) is 23.7 Å². The maximum Gasteiger partial charge on any atom is 0.330 e. The number of aryl methyl sites for hydroxylation is 1. The Labute approximate surface area is 225 Å². The third kappa shape index (κ3) is 5.89. The van der Waals surface area contributed by atoms with Gasteiger partial charge in [0.25, 0.3) is 5.56 Å². The number of H-pyrrole nitrogens is 1. The Bertz CT molecular complexity index is 1390. The zero-order valence-corrected chi connectivity index (χ0v) is 21.9. The molecule has 10 heteroatoms. The topological polar surface area (TPSA) is 118 Å². The van der Waals surface area contributed by atoms with Crippen molar-refractivity contribution in [3.8, 4) is 0 Å². The highest BCUT2D eigenvalue weighted by Gasteiger charge is 2.64. The molecule has 1 N–H and O–H groups in total. The van der Waals surface area contributed by atoms with E-state index < -0.39 is 47.4 Å². The van der Waals surface area contributed by atoms with E-state index in [1.54, 1.807) is 6.92 Å². The van der Waals surface area contributed by atoms with Gasteiger partial charge in [-0.15, -0.1) is 0 Å². The summed E-state index contributed by atoms with van der Waals surface area (Å²) in [6.07, 6.45) is -0.945. The number of nitrogens with one attached hydrogen (secondary N) is 1. The number of hydrogen-bond acceptors (Lipinski definition) is 8. The van der Waals surface area contributed by atoms with Crippen LogP contribution in [0.2, 0.25) is 0 Å². The van der Waals surface area contributed by atoms with Crippen LogP contribution in [0.3, 0.4) is 0 Å². The fourth-order valence-corrected chi connectivity index (χ4v) is 5.18. The van der Waals surface area contributed by atoms with Crippen molar-refractivity contribution in [3.05, 3.63) is 104 Å². The number of hydrogen-bond donors (Lipinski definition) is 1. The molecule has 0 spiro atoms. The van der Waals surface area contributed by atoms with Crippen LogP contribution in [0.25, 0.3) is 0 Å². The van der Waals surface area contributed by atoms with Gasteiger partial charge in [0.15, 0.2) is 6.23 Å². The first kappa shape index (κ1) is 27.0. The largest absolute Gasteiger partial charge is 0.463 e. The quantitative estimate of drug-likeness (QED) is 0.393. The second-order valence-electron chi connectivity index (χ2n) is 9.91. The highest BCUT2D eigenvalue weighted by atomic mass is 16.7. The third-order valence-electron chi connectivity index (χ3n) is 7.10. The molecule has 5 rings (SSSR count). The minimum absolute atomic E-state index is 0.0339. The van der Waals surface area contributed by atoms with Crippen LogP contribution in [0.15, 0.2) is 76.4 Å². The van der Waals surface area contributed by atoms with E-state index in [2.05, 4.69) is 4.98 Å². The second kappa shape index (κ2) is 11.7. The number of esters is 1. The third-order valence-corrected chi connectivity index (χ3v) is 7.10. The number of nitrogens with zero attached hydrogens (tertiary/aromatic N) is 1. The second-order valence-corrected chi connectivity index (χ2v) is 9.91. The number of carbonyl (C=O) groups excluding carboxylic acids is 1. The minimum atomic E-state index is -1.02. The molecule has 39 heavy (non-hydrogen) atoms. The van der Waals surface area contributed by atoms with Gasteiger partial charge in [0.1, 0.15) is 24.4 Å². The molecule has 2 fully saturated rings. The molecular weight excluding hydrogens is 504 g/mol. The van der Waals surface area contributed by atoms with Crippen LogP contribution >= 0.6 is 0 Å². The van der Waals surface area contributed by atoms with Crippen molar-refractivity contribution >= 4 is 5.97 Å². The zero-order chi connectivity index (χ0) is 27.4. The van der Waals surface area contributed by atoms with Crippen molar-refractivity contribution in [2.24, 2.45) is 0 Å². The molecular formula is C29H32N2O8. The predicted molar refractivity (Wildman–Crippen MR) is 140 cm³/mol. The van der Waals surface area contributed by atoms with Crippen LogP contribution < -0.4 is 11.2 Å². The standard InChI is InChI=1S/C29H32N2O8/c1-19-14-31(28(34)30-26(19)33)27-25-29(13-23(38-25)17-36-20(2)32,37-16-22-11-7-4-8-12-22)24(39-27)18-35-15-21-9-5-3-6-10-21/h3-12,14,23-25,27H,13,15-18H2,1-2H3,(H,30,33,34)/t23-,24+,25+,27+,29+/m0/s1. The van der Waals surface area contributed by atoms with E-state index in [1.807, 2.05) is 60.7 Å². The molecule has 0 amide bonds. The predicted octanol–water partition coefficient (Wildman–Crippen LogP) is 2.64. The summed E-state index contributed by atoms with van der Waals surface area (Å²) in [5.74, 6) is -0.419. The van der Waals surface area contributed by atoms with Crippen LogP contribution in [-0.2, 0) is 41.7 Å². The van der Waals surface area contributed by atoms with Gasteiger partial charge in [-0.3, -0.25) is 19.1 Å². The summed E-state index contributed by atoms with van der Waals surface area (Å²) in [5, 5.41) is 0. The molecule has 0 unspecified atom stereocenters. The molecule has 2 aliphatic heterocycles. The first-order chi connectivity index (χ1) is 18.9. The van der Waals surface area contributed by atoms with Crippen molar-refractivity contribution in [3.63, 3.8) is 0 Å². The van der Waals surface area contributed by atoms with E-state index in [1.165, 1.54) is 17.7 Å². The Hall–Kier alpha value is -3.57. The summed E-state index contributed by atoms with van der Waals surface area (Å²) in [4.78, 5) is 38.8. The molecule has 3 heterocycles. The lowest BCUT2D eigenvalue weighted by Gasteiger charge is -2.32. The normalized spacial score (nSPS) is 25.9. The number of carbonyl (C=O) groups is 1. The molecule has 3 aromatic rings. The van der Waals surface area contributed by atoms with Crippen LogP contribution in [0.4, 0.5) is 0 Å². The first-order valence-electron chi connectivity index (χ1n) is 12.9. The number of aromatic amines is 1. The monoisotopic (exact) mass is 536 g/mol. The van der Waals surface area contributed by atoms with Crippen LogP contribution in [-0.4, -0.2) is 52.6 Å². The van der Waals surface area contributed by atoms with E-state index in [9.17, 15) is 14.4 Å². The molecule has 10 nitrogen and oxygen atoms in total. The SMILES string of the molecule is CC(=O)OC[C@@H]1C[C@]2(OCc3ccccc3)[C@H](O1)[C@H](n1cc(C)c(=O)[nH]c1=O)O[C@@H]2COCc1ccccc1. The lowest BCUT2D eigenvalue weighted by molar-refractivity contribution is -0.148. The zero-order valence-electron chi connectivity index (χ0n) is 21.9. The van der Waals surface area contributed by atoms with Crippen molar-refractivity contribution in [1.82, 2.24) is 9.55 Å². The summed E-state index contributed by atoms with van der Waals surface area (Å²) < 4.78 is 32.2. The Balaban J connectivity index is 1.48.